The molecule has 0 aliphatic carbocycles. The number of anilines is 1. The van der Waals surface area contributed by atoms with Gasteiger partial charge in [0.25, 0.3) is 11.8 Å². The molecule has 4 aromatic rings. The maximum atomic E-state index is 13.0. The Labute approximate surface area is 211 Å². The molecule has 0 bridgehead atoms. The molecule has 0 saturated heterocycles. The maximum absolute atomic E-state index is 13.0. The van der Waals surface area contributed by atoms with Crippen LogP contribution in [0.4, 0.5) is 19.0 Å². The summed E-state index contributed by atoms with van der Waals surface area (Å²) in [5, 5.41) is 4.93. The van der Waals surface area contributed by atoms with E-state index in [1.807, 2.05) is 6.92 Å². The van der Waals surface area contributed by atoms with E-state index >= 15 is 0 Å². The molecule has 2 N–H and O–H groups in total. The lowest BCUT2D eigenvalue weighted by Crippen LogP contribution is -2.26. The highest BCUT2D eigenvalue weighted by Crippen LogP contribution is 2.35. The van der Waals surface area contributed by atoms with E-state index in [-0.39, 0.29) is 10.7 Å². The number of hydrogen-bond donors (Lipinski definition) is 2. The second kappa shape index (κ2) is 10.0. The minimum Gasteiger partial charge on any atom is -0.343 e. The van der Waals surface area contributed by atoms with Crippen LogP contribution in [0.25, 0.3) is 5.69 Å². The van der Waals surface area contributed by atoms with Crippen molar-refractivity contribution in [2.75, 3.05) is 5.32 Å². The van der Waals surface area contributed by atoms with Gasteiger partial charge in [-0.25, -0.2) is 15.0 Å². The fraction of sp³-hybridized carbons (Fsp3) is 0.182. The average molecular weight is 536 g/mol. The summed E-state index contributed by atoms with van der Waals surface area (Å²) in [7, 11) is 0. The van der Waals surface area contributed by atoms with Crippen LogP contribution in [-0.2, 0) is 6.18 Å². The van der Waals surface area contributed by atoms with Gasteiger partial charge in [0.05, 0.1) is 52.3 Å². The van der Waals surface area contributed by atoms with Crippen molar-refractivity contribution >= 4 is 40.6 Å². The Kier molecular flexibility index (Phi) is 7.04. The molecule has 9 nitrogen and oxygen atoms in total. The highest BCUT2D eigenvalue weighted by molar-refractivity contribution is 7.13. The number of carbonyl (C=O) groups excluding carboxylic acids is 2. The third kappa shape index (κ3) is 5.69. The van der Waals surface area contributed by atoms with Crippen LogP contribution in [0.2, 0.25) is 5.02 Å². The Morgan fingerprint density at radius 1 is 1.08 bits per heavy atom. The molecule has 36 heavy (non-hydrogen) atoms. The van der Waals surface area contributed by atoms with Crippen LogP contribution in [0.1, 0.15) is 49.3 Å². The SMILES string of the molecule is Cc1cn(-c2cncc(C(=O)NC(C)c3ncc(C(=O)Nc4cc(C(F)(F)F)c(Cl)cn4)s3)c2)cn1. The molecule has 186 valence electrons. The van der Waals surface area contributed by atoms with E-state index in [1.165, 1.54) is 12.4 Å². The van der Waals surface area contributed by atoms with Crippen LogP contribution in [0.5, 0.6) is 0 Å². The number of carbonyl (C=O) groups is 2. The average Bonchev–Trinajstić information content (AvgIpc) is 3.49. The molecule has 4 heterocycles. The molecule has 0 fully saturated rings. The number of nitrogens with one attached hydrogen (secondary N) is 2. The Morgan fingerprint density at radius 3 is 2.56 bits per heavy atom. The number of pyridine rings is 2. The summed E-state index contributed by atoms with van der Waals surface area (Å²) in [5.74, 6) is -1.42. The first-order chi connectivity index (χ1) is 17.0. The van der Waals surface area contributed by atoms with E-state index < -0.39 is 34.6 Å². The number of amides is 2. The first-order valence-electron chi connectivity index (χ1n) is 10.3. The minimum atomic E-state index is -4.70. The number of hydrogen-bond acceptors (Lipinski definition) is 7. The van der Waals surface area contributed by atoms with Crippen LogP contribution in [0.15, 0.2) is 49.4 Å². The third-order valence-corrected chi connectivity index (χ3v) is 6.34. The van der Waals surface area contributed by atoms with E-state index in [0.29, 0.717) is 22.3 Å². The number of alkyl halides is 3. The van der Waals surface area contributed by atoms with Gasteiger partial charge >= 0.3 is 6.18 Å². The minimum absolute atomic E-state index is 0.121. The molecule has 0 saturated carbocycles. The van der Waals surface area contributed by atoms with Gasteiger partial charge in [-0.15, -0.1) is 11.3 Å². The van der Waals surface area contributed by atoms with Crippen LogP contribution in [0.3, 0.4) is 0 Å². The molecule has 0 aliphatic heterocycles. The van der Waals surface area contributed by atoms with Crippen molar-refractivity contribution in [2.45, 2.75) is 26.1 Å². The molecule has 4 rings (SSSR count). The molecular formula is C22H17ClF3N7O2S. The Bertz CT molecular complexity index is 1440. The van der Waals surface area contributed by atoms with Gasteiger partial charge in [0, 0.05) is 18.6 Å². The monoisotopic (exact) mass is 535 g/mol. The fourth-order valence-corrected chi connectivity index (χ4v) is 4.12. The predicted octanol–water partition coefficient (Wildman–Crippen LogP) is 4.84. The van der Waals surface area contributed by atoms with E-state index in [2.05, 4.69) is 30.6 Å². The van der Waals surface area contributed by atoms with Crippen molar-refractivity contribution in [2.24, 2.45) is 0 Å². The highest BCUT2D eigenvalue weighted by Gasteiger charge is 2.34. The summed E-state index contributed by atoms with van der Waals surface area (Å²) >= 11 is 6.53. The lowest BCUT2D eigenvalue weighted by Gasteiger charge is -2.12. The summed E-state index contributed by atoms with van der Waals surface area (Å²) in [5.41, 5.74) is 0.676. The van der Waals surface area contributed by atoms with Crippen molar-refractivity contribution in [3.8, 4) is 5.69 Å². The van der Waals surface area contributed by atoms with Crippen molar-refractivity contribution < 1.29 is 22.8 Å². The summed E-state index contributed by atoms with van der Waals surface area (Å²) in [6, 6.07) is 1.75. The normalized spacial score (nSPS) is 12.3. The molecule has 2 amide bonds. The van der Waals surface area contributed by atoms with Gasteiger partial charge in [0.2, 0.25) is 0 Å². The number of thiazole rings is 1. The molecular weight excluding hydrogens is 519 g/mol. The third-order valence-electron chi connectivity index (χ3n) is 4.86. The lowest BCUT2D eigenvalue weighted by molar-refractivity contribution is -0.137. The molecule has 1 unspecified atom stereocenters. The van der Waals surface area contributed by atoms with Gasteiger partial charge in [-0.2, -0.15) is 13.2 Å². The molecule has 0 radical (unpaired) electrons. The highest BCUT2D eigenvalue weighted by atomic mass is 35.5. The van der Waals surface area contributed by atoms with Gasteiger partial charge in [0.15, 0.2) is 0 Å². The first kappa shape index (κ1) is 25.3. The van der Waals surface area contributed by atoms with Crippen LogP contribution in [-0.4, -0.2) is 36.3 Å². The Hall–Kier alpha value is -3.84. The zero-order valence-electron chi connectivity index (χ0n) is 18.7. The van der Waals surface area contributed by atoms with E-state index in [1.54, 1.807) is 36.3 Å². The van der Waals surface area contributed by atoms with Crippen LogP contribution < -0.4 is 10.6 Å². The van der Waals surface area contributed by atoms with Gasteiger partial charge in [-0.1, -0.05) is 11.6 Å². The Balaban J connectivity index is 1.43. The summed E-state index contributed by atoms with van der Waals surface area (Å²) < 4.78 is 40.9. The molecule has 0 spiro atoms. The van der Waals surface area contributed by atoms with Crippen molar-refractivity contribution in [3.63, 3.8) is 0 Å². The molecule has 4 aromatic heterocycles. The van der Waals surface area contributed by atoms with Gasteiger partial charge in [0.1, 0.15) is 15.7 Å². The number of aryl methyl sites for hydroxylation is 1. The lowest BCUT2D eigenvalue weighted by atomic mass is 10.2. The smallest absolute Gasteiger partial charge is 0.343 e. The van der Waals surface area contributed by atoms with E-state index in [4.69, 9.17) is 11.6 Å². The largest absolute Gasteiger partial charge is 0.418 e. The zero-order chi connectivity index (χ0) is 26.0. The fourth-order valence-electron chi connectivity index (χ4n) is 3.09. The van der Waals surface area contributed by atoms with E-state index in [0.717, 1.165) is 23.2 Å². The predicted molar refractivity (Wildman–Crippen MR) is 126 cm³/mol. The molecule has 14 heteroatoms. The number of imidazole rings is 1. The van der Waals surface area contributed by atoms with E-state index in [9.17, 15) is 22.8 Å². The van der Waals surface area contributed by atoms with Gasteiger partial charge in [-0.3, -0.25) is 14.6 Å². The molecule has 0 aliphatic rings. The molecule has 1 atom stereocenters. The summed E-state index contributed by atoms with van der Waals surface area (Å²) in [6.07, 6.45) is 3.81. The van der Waals surface area contributed by atoms with Crippen molar-refractivity contribution in [1.82, 2.24) is 29.8 Å². The zero-order valence-corrected chi connectivity index (χ0v) is 20.2. The second-order valence-corrected chi connectivity index (χ2v) is 9.08. The topological polar surface area (TPSA) is 115 Å². The van der Waals surface area contributed by atoms with Crippen LogP contribution in [0, 0.1) is 6.92 Å². The van der Waals surface area contributed by atoms with Crippen molar-refractivity contribution in [1.29, 1.82) is 0 Å². The standard InChI is InChI=1S/C22H17ClF3N7O2S/c1-11-9-33(10-30-11)14-3-13(5-27-6-14)19(34)31-12(2)21-29-8-17(36-21)20(35)32-18-4-15(22(24,25)26)16(23)7-28-18/h3-10,12H,1-2H3,(H,31,34)(H,28,32,35). The van der Waals surface area contributed by atoms with Gasteiger partial charge in [-0.05, 0) is 26.0 Å². The van der Waals surface area contributed by atoms with Crippen molar-refractivity contribution in [3.05, 3.63) is 81.2 Å². The maximum Gasteiger partial charge on any atom is 0.418 e. The van der Waals surface area contributed by atoms with Gasteiger partial charge < -0.3 is 15.2 Å². The Morgan fingerprint density at radius 2 is 1.86 bits per heavy atom. The summed E-state index contributed by atoms with van der Waals surface area (Å²) in [6.45, 7) is 3.53. The number of aromatic nitrogens is 5. The number of halogens is 4. The first-order valence-corrected chi connectivity index (χ1v) is 11.5. The number of nitrogens with zero attached hydrogens (tertiary/aromatic N) is 5. The molecule has 0 aromatic carbocycles. The second-order valence-electron chi connectivity index (χ2n) is 7.61. The quantitative estimate of drug-likeness (QED) is 0.365. The number of rotatable bonds is 6. The van der Waals surface area contributed by atoms with Crippen LogP contribution >= 0.6 is 22.9 Å². The summed E-state index contributed by atoms with van der Waals surface area (Å²) in [4.78, 5) is 41.5.